The van der Waals surface area contributed by atoms with Crippen LogP contribution in [0.1, 0.15) is 11.1 Å². The third-order valence-electron chi connectivity index (χ3n) is 3.92. The van der Waals surface area contributed by atoms with Crippen LogP contribution in [0.2, 0.25) is 0 Å². The van der Waals surface area contributed by atoms with Crippen LogP contribution in [0, 0.1) is 19.7 Å². The van der Waals surface area contributed by atoms with Crippen molar-refractivity contribution in [3.63, 3.8) is 0 Å². The number of ether oxygens (including phenoxy) is 1. The zero-order valence-corrected chi connectivity index (χ0v) is 14.5. The number of rotatable bonds is 8. The molecule has 2 aromatic rings. The molecule has 0 aliphatic heterocycles. The average Bonchev–Trinajstić information content (AvgIpc) is 2.58. The summed E-state index contributed by atoms with van der Waals surface area (Å²) in [6.07, 6.45) is -0.798. The Morgan fingerprint density at radius 2 is 2.00 bits per heavy atom. The first kappa shape index (κ1) is 18.9. The first-order valence-corrected chi connectivity index (χ1v) is 8.20. The standard InChI is InChI=1S/C19H23FN2O3/c1-13-6-5-8-17(14(13)2)22-19(24)11-21-10-15(23)12-25-18-9-4-3-7-16(18)20/h3-9,15,21,23H,10-12H2,1-2H3,(H,22,24)/p+1/t15-/m1/s1. The van der Waals surface area contributed by atoms with Crippen molar-refractivity contribution in [2.24, 2.45) is 0 Å². The van der Waals surface area contributed by atoms with Crippen LogP contribution in [0.4, 0.5) is 10.1 Å². The van der Waals surface area contributed by atoms with Crippen LogP contribution in [0.5, 0.6) is 5.75 Å². The lowest BCUT2D eigenvalue weighted by Gasteiger charge is -2.12. The third-order valence-corrected chi connectivity index (χ3v) is 3.92. The monoisotopic (exact) mass is 347 g/mol. The lowest BCUT2D eigenvalue weighted by Crippen LogP contribution is -2.88. The number of anilines is 1. The smallest absolute Gasteiger partial charge is 0.279 e. The summed E-state index contributed by atoms with van der Waals surface area (Å²) in [5.41, 5.74) is 2.94. The van der Waals surface area contributed by atoms with E-state index in [1.54, 1.807) is 17.4 Å². The number of para-hydroxylation sites is 1. The molecule has 0 saturated heterocycles. The Morgan fingerprint density at radius 3 is 2.76 bits per heavy atom. The number of aliphatic hydroxyl groups is 1. The fraction of sp³-hybridized carbons (Fsp3) is 0.316. The normalized spacial score (nSPS) is 11.8. The van der Waals surface area contributed by atoms with Gasteiger partial charge in [-0.1, -0.05) is 24.3 Å². The van der Waals surface area contributed by atoms with Crippen LogP contribution in [-0.4, -0.2) is 36.8 Å². The summed E-state index contributed by atoms with van der Waals surface area (Å²) in [7, 11) is 0. The molecule has 4 N–H and O–H groups in total. The van der Waals surface area contributed by atoms with Gasteiger partial charge in [-0.05, 0) is 43.2 Å². The minimum Gasteiger partial charge on any atom is -0.488 e. The van der Waals surface area contributed by atoms with Gasteiger partial charge >= 0.3 is 0 Å². The van der Waals surface area contributed by atoms with Gasteiger partial charge in [0.15, 0.2) is 18.1 Å². The van der Waals surface area contributed by atoms with Gasteiger partial charge in [0.05, 0.1) is 0 Å². The van der Waals surface area contributed by atoms with Gasteiger partial charge in [-0.2, -0.15) is 0 Å². The SMILES string of the molecule is Cc1cccc(NC(=O)C[NH2+]C[C@@H](O)COc2ccccc2F)c1C. The highest BCUT2D eigenvalue weighted by Gasteiger charge is 2.12. The fourth-order valence-electron chi connectivity index (χ4n) is 2.31. The maximum absolute atomic E-state index is 13.4. The van der Waals surface area contributed by atoms with Crippen LogP contribution in [0.3, 0.4) is 0 Å². The van der Waals surface area contributed by atoms with Gasteiger partial charge in [-0.3, -0.25) is 4.79 Å². The third kappa shape index (κ3) is 5.85. The van der Waals surface area contributed by atoms with Gasteiger partial charge < -0.3 is 20.5 Å². The number of aryl methyl sites for hydroxylation is 1. The molecule has 2 aromatic carbocycles. The average molecular weight is 347 g/mol. The quantitative estimate of drug-likeness (QED) is 0.675. The van der Waals surface area contributed by atoms with Crippen molar-refractivity contribution in [3.8, 4) is 5.75 Å². The van der Waals surface area contributed by atoms with Crippen LogP contribution < -0.4 is 15.4 Å². The molecule has 0 saturated carbocycles. The minimum absolute atomic E-state index is 0.0317. The number of quaternary nitrogens is 1. The molecular weight excluding hydrogens is 323 g/mol. The number of benzene rings is 2. The number of aliphatic hydroxyl groups excluding tert-OH is 1. The molecule has 1 amide bonds. The Hall–Kier alpha value is -2.44. The number of halogens is 1. The number of carbonyl (C=O) groups excluding carboxylic acids is 1. The molecule has 25 heavy (non-hydrogen) atoms. The van der Waals surface area contributed by atoms with E-state index in [0.717, 1.165) is 16.8 Å². The second-order valence-electron chi connectivity index (χ2n) is 5.92. The highest BCUT2D eigenvalue weighted by molar-refractivity contribution is 5.92. The van der Waals surface area contributed by atoms with E-state index in [-0.39, 0.29) is 31.4 Å². The van der Waals surface area contributed by atoms with Crippen molar-refractivity contribution in [1.29, 1.82) is 0 Å². The molecule has 5 nitrogen and oxygen atoms in total. The molecule has 1 atom stereocenters. The molecule has 6 heteroatoms. The topological polar surface area (TPSA) is 75.2 Å². The zero-order chi connectivity index (χ0) is 18.2. The predicted octanol–water partition coefficient (Wildman–Crippen LogP) is 1.38. The molecule has 0 bridgehead atoms. The van der Waals surface area contributed by atoms with Gasteiger partial charge in [0.2, 0.25) is 0 Å². The van der Waals surface area contributed by atoms with E-state index in [2.05, 4.69) is 5.32 Å². The molecule has 0 unspecified atom stereocenters. The van der Waals surface area contributed by atoms with Crippen molar-refractivity contribution in [1.82, 2.24) is 0 Å². The van der Waals surface area contributed by atoms with E-state index in [1.807, 2.05) is 32.0 Å². The summed E-state index contributed by atoms with van der Waals surface area (Å²) in [5.74, 6) is -0.503. The Kier molecular flexibility index (Phi) is 6.91. The van der Waals surface area contributed by atoms with Crippen molar-refractivity contribution in [2.45, 2.75) is 20.0 Å². The maximum atomic E-state index is 13.4. The van der Waals surface area contributed by atoms with Gasteiger partial charge in [0.25, 0.3) is 5.91 Å². The van der Waals surface area contributed by atoms with E-state index in [9.17, 15) is 14.3 Å². The van der Waals surface area contributed by atoms with Gasteiger partial charge in [-0.25, -0.2) is 4.39 Å². The number of amides is 1. The van der Waals surface area contributed by atoms with Crippen LogP contribution in [-0.2, 0) is 4.79 Å². The number of nitrogens with two attached hydrogens (primary N) is 1. The van der Waals surface area contributed by atoms with Crippen molar-refractivity contribution >= 4 is 11.6 Å². The summed E-state index contributed by atoms with van der Waals surface area (Å²) >= 11 is 0. The largest absolute Gasteiger partial charge is 0.488 e. The summed E-state index contributed by atoms with van der Waals surface area (Å²) in [5, 5.41) is 14.4. The summed E-state index contributed by atoms with van der Waals surface area (Å²) in [4.78, 5) is 12.0. The lowest BCUT2D eigenvalue weighted by molar-refractivity contribution is -0.650. The Bertz CT molecular complexity index is 722. The zero-order valence-electron chi connectivity index (χ0n) is 14.5. The second kappa shape index (κ2) is 9.15. The van der Waals surface area contributed by atoms with Crippen molar-refractivity contribution in [2.75, 3.05) is 25.0 Å². The van der Waals surface area contributed by atoms with Gasteiger partial charge in [-0.15, -0.1) is 0 Å². The molecule has 0 aliphatic rings. The number of hydrogen-bond donors (Lipinski definition) is 3. The summed E-state index contributed by atoms with van der Waals surface area (Å²) in [6.45, 7) is 4.39. The maximum Gasteiger partial charge on any atom is 0.279 e. The van der Waals surface area contributed by atoms with Gasteiger partial charge in [0, 0.05) is 5.69 Å². The molecule has 0 radical (unpaired) electrons. The van der Waals surface area contributed by atoms with Gasteiger partial charge in [0.1, 0.15) is 19.3 Å². The van der Waals surface area contributed by atoms with Crippen LogP contribution in [0.15, 0.2) is 42.5 Å². The van der Waals surface area contributed by atoms with E-state index in [0.29, 0.717) is 0 Å². The predicted molar refractivity (Wildman–Crippen MR) is 94.1 cm³/mol. The lowest BCUT2D eigenvalue weighted by atomic mass is 10.1. The fourth-order valence-corrected chi connectivity index (χ4v) is 2.31. The Balaban J connectivity index is 1.70. The van der Waals surface area contributed by atoms with Crippen LogP contribution in [0.25, 0.3) is 0 Å². The van der Waals surface area contributed by atoms with Crippen LogP contribution >= 0.6 is 0 Å². The molecule has 0 aromatic heterocycles. The molecule has 2 rings (SSSR count). The minimum atomic E-state index is -0.798. The van der Waals surface area contributed by atoms with E-state index < -0.39 is 11.9 Å². The van der Waals surface area contributed by atoms with E-state index in [1.165, 1.54) is 12.1 Å². The van der Waals surface area contributed by atoms with Crippen molar-refractivity contribution < 1.29 is 24.3 Å². The molecule has 134 valence electrons. The number of nitrogens with one attached hydrogen (secondary N) is 1. The molecular formula is C19H24FN2O3+. The first-order valence-electron chi connectivity index (χ1n) is 8.20. The molecule has 0 aliphatic carbocycles. The first-order chi connectivity index (χ1) is 12.0. The highest BCUT2D eigenvalue weighted by atomic mass is 19.1. The molecule has 0 heterocycles. The Morgan fingerprint density at radius 1 is 1.24 bits per heavy atom. The van der Waals surface area contributed by atoms with E-state index >= 15 is 0 Å². The molecule has 0 fully saturated rings. The Labute approximate surface area is 146 Å². The van der Waals surface area contributed by atoms with Crippen molar-refractivity contribution in [3.05, 3.63) is 59.4 Å². The number of carbonyl (C=O) groups is 1. The van der Waals surface area contributed by atoms with E-state index in [4.69, 9.17) is 4.74 Å². The highest BCUT2D eigenvalue weighted by Crippen LogP contribution is 2.17. The summed E-state index contributed by atoms with van der Waals surface area (Å²) < 4.78 is 18.6. The second-order valence-corrected chi connectivity index (χ2v) is 5.92. The summed E-state index contributed by atoms with van der Waals surface area (Å²) in [6, 6.07) is 11.8. The number of hydrogen-bond acceptors (Lipinski definition) is 3. The molecule has 0 spiro atoms.